The van der Waals surface area contributed by atoms with Crippen molar-refractivity contribution in [3.63, 3.8) is 0 Å². The van der Waals surface area contributed by atoms with Crippen LogP contribution in [-0.4, -0.2) is 34.6 Å². The van der Waals surface area contributed by atoms with E-state index in [2.05, 4.69) is 24.2 Å². The summed E-state index contributed by atoms with van der Waals surface area (Å²) in [5, 5.41) is 3.47. The summed E-state index contributed by atoms with van der Waals surface area (Å²) in [6, 6.07) is 10.8. The van der Waals surface area contributed by atoms with Crippen LogP contribution in [0.1, 0.15) is 24.8 Å². The first-order valence-electron chi connectivity index (χ1n) is 8.98. The van der Waals surface area contributed by atoms with Gasteiger partial charge in [0.25, 0.3) is 0 Å². The van der Waals surface area contributed by atoms with Gasteiger partial charge in [0.1, 0.15) is 5.82 Å². The van der Waals surface area contributed by atoms with Gasteiger partial charge < -0.3 is 10.2 Å². The zero-order valence-electron chi connectivity index (χ0n) is 14.9. The highest BCUT2D eigenvalue weighted by Gasteiger charge is 2.41. The maximum absolute atomic E-state index is 13.2. The number of hydrogen-bond donors (Lipinski definition) is 1. The Balaban J connectivity index is 1.78. The molecule has 4 nitrogen and oxygen atoms in total. The van der Waals surface area contributed by atoms with Crippen molar-refractivity contribution in [2.75, 3.05) is 25.0 Å². The number of sulfone groups is 1. The largest absolute Gasteiger partial charge is 0.370 e. The van der Waals surface area contributed by atoms with Crippen LogP contribution in [0, 0.1) is 11.7 Å². The van der Waals surface area contributed by atoms with Crippen LogP contribution in [0.3, 0.4) is 0 Å². The molecule has 4 rings (SSSR count). The smallest absolute Gasteiger partial charge is 0.206 e. The summed E-state index contributed by atoms with van der Waals surface area (Å²) in [6.45, 7) is 4.16. The standard InChI is InChI=1S/C20H23FN2O2S/c1-13-12-22-10-9-17-18-11-16(7-8-19(18)23(2)20(13)17)26(24,25)15-5-3-14(21)4-6-15/h3-8,11,13,17,20,22H,9-10,12H2,1-2H3/t13?,17-,20?/m1/s1. The van der Waals surface area contributed by atoms with E-state index in [0.717, 1.165) is 30.8 Å². The van der Waals surface area contributed by atoms with Crippen LogP contribution in [0.4, 0.5) is 10.1 Å². The monoisotopic (exact) mass is 374 g/mol. The zero-order chi connectivity index (χ0) is 18.5. The van der Waals surface area contributed by atoms with Gasteiger partial charge in [0, 0.05) is 24.7 Å². The number of nitrogens with one attached hydrogen (secondary N) is 1. The van der Waals surface area contributed by atoms with Gasteiger partial charge in [-0.15, -0.1) is 0 Å². The second-order valence-corrected chi connectivity index (χ2v) is 9.31. The van der Waals surface area contributed by atoms with Crippen molar-refractivity contribution in [3.8, 4) is 0 Å². The molecular weight excluding hydrogens is 351 g/mol. The molecule has 0 amide bonds. The number of nitrogens with zero attached hydrogens (tertiary/aromatic N) is 1. The minimum Gasteiger partial charge on any atom is -0.370 e. The summed E-state index contributed by atoms with van der Waals surface area (Å²) in [5.74, 6) is 0.364. The van der Waals surface area contributed by atoms with Gasteiger partial charge in [0.2, 0.25) is 9.84 Å². The predicted octanol–water partition coefficient (Wildman–Crippen LogP) is 3.19. The van der Waals surface area contributed by atoms with Gasteiger partial charge in [0.15, 0.2) is 0 Å². The van der Waals surface area contributed by atoms with Crippen molar-refractivity contribution in [1.29, 1.82) is 0 Å². The van der Waals surface area contributed by atoms with E-state index >= 15 is 0 Å². The van der Waals surface area contributed by atoms with Crippen LogP contribution >= 0.6 is 0 Å². The summed E-state index contributed by atoms with van der Waals surface area (Å²) in [6.07, 6.45) is 0.992. The van der Waals surface area contributed by atoms with E-state index in [9.17, 15) is 12.8 Å². The van der Waals surface area contributed by atoms with Crippen LogP contribution in [0.25, 0.3) is 0 Å². The van der Waals surface area contributed by atoms with Crippen LogP contribution in [0.5, 0.6) is 0 Å². The van der Waals surface area contributed by atoms with Crippen molar-refractivity contribution in [3.05, 3.63) is 53.8 Å². The van der Waals surface area contributed by atoms with E-state index in [0.29, 0.717) is 17.9 Å². The molecular formula is C20H23FN2O2S. The van der Waals surface area contributed by atoms with Crippen molar-refractivity contribution in [1.82, 2.24) is 5.32 Å². The minimum atomic E-state index is -3.66. The van der Waals surface area contributed by atoms with Crippen molar-refractivity contribution >= 4 is 15.5 Å². The highest BCUT2D eigenvalue weighted by atomic mass is 32.2. The molecule has 2 aliphatic rings. The lowest BCUT2D eigenvalue weighted by atomic mass is 9.86. The van der Waals surface area contributed by atoms with Crippen molar-refractivity contribution < 1.29 is 12.8 Å². The fourth-order valence-corrected chi connectivity index (χ4v) is 5.79. The third-order valence-electron chi connectivity index (χ3n) is 5.75. The van der Waals surface area contributed by atoms with Gasteiger partial charge in [-0.05, 0) is 73.5 Å². The molecule has 2 unspecified atom stereocenters. The molecule has 0 aromatic heterocycles. The second kappa shape index (κ2) is 6.35. The highest BCUT2D eigenvalue weighted by molar-refractivity contribution is 7.91. The van der Waals surface area contributed by atoms with Gasteiger partial charge >= 0.3 is 0 Å². The van der Waals surface area contributed by atoms with E-state index in [1.54, 1.807) is 6.07 Å². The third kappa shape index (κ3) is 2.72. The molecule has 3 atom stereocenters. The summed E-state index contributed by atoms with van der Waals surface area (Å²) < 4.78 is 39.1. The molecule has 6 heteroatoms. The molecule has 0 spiro atoms. The lowest BCUT2D eigenvalue weighted by Gasteiger charge is -2.30. The maximum atomic E-state index is 13.2. The normalized spacial score (nSPS) is 25.5. The van der Waals surface area contributed by atoms with Crippen LogP contribution in [0.2, 0.25) is 0 Å². The average Bonchev–Trinajstić information content (AvgIpc) is 2.76. The Kier molecular flexibility index (Phi) is 4.28. The number of benzene rings is 2. The Morgan fingerprint density at radius 3 is 2.54 bits per heavy atom. The average molecular weight is 374 g/mol. The molecule has 1 fully saturated rings. The Labute approximate surface area is 153 Å². The predicted molar refractivity (Wildman–Crippen MR) is 99.9 cm³/mol. The van der Waals surface area contributed by atoms with E-state index in [4.69, 9.17) is 0 Å². The maximum Gasteiger partial charge on any atom is 0.206 e. The first-order chi connectivity index (χ1) is 12.4. The van der Waals surface area contributed by atoms with Crippen LogP contribution in [0.15, 0.2) is 52.3 Å². The number of halogens is 1. The van der Waals surface area contributed by atoms with Crippen molar-refractivity contribution in [2.45, 2.75) is 35.1 Å². The first-order valence-corrected chi connectivity index (χ1v) is 10.5. The third-order valence-corrected chi connectivity index (χ3v) is 7.52. The van der Waals surface area contributed by atoms with Crippen molar-refractivity contribution in [2.24, 2.45) is 5.92 Å². The molecule has 138 valence electrons. The molecule has 1 N–H and O–H groups in total. The first kappa shape index (κ1) is 17.5. The summed E-state index contributed by atoms with van der Waals surface area (Å²) in [5.41, 5.74) is 2.23. The van der Waals surface area contributed by atoms with Crippen LogP contribution in [-0.2, 0) is 9.84 Å². The van der Waals surface area contributed by atoms with Gasteiger partial charge in [0.05, 0.1) is 9.79 Å². The SMILES string of the molecule is CC1CNCC[C@@H]2c3cc(S(=O)(=O)c4ccc(F)cc4)ccc3N(C)C12. The van der Waals surface area contributed by atoms with Gasteiger partial charge in [-0.25, -0.2) is 12.8 Å². The molecule has 0 radical (unpaired) electrons. The van der Waals surface area contributed by atoms with Gasteiger partial charge in [-0.1, -0.05) is 6.92 Å². The molecule has 2 aromatic carbocycles. The molecule has 2 aliphatic heterocycles. The number of likely N-dealkylation sites (N-methyl/N-ethyl adjacent to an activating group) is 1. The molecule has 0 saturated carbocycles. The van der Waals surface area contributed by atoms with E-state index < -0.39 is 15.7 Å². The zero-order valence-corrected chi connectivity index (χ0v) is 15.8. The van der Waals surface area contributed by atoms with Crippen LogP contribution < -0.4 is 10.2 Å². The van der Waals surface area contributed by atoms with E-state index in [-0.39, 0.29) is 9.79 Å². The quantitative estimate of drug-likeness (QED) is 0.821. The fraction of sp³-hybridized carbons (Fsp3) is 0.400. The second-order valence-electron chi connectivity index (χ2n) is 7.36. The lowest BCUT2D eigenvalue weighted by molar-refractivity contribution is 0.417. The number of anilines is 1. The molecule has 2 aromatic rings. The summed E-state index contributed by atoms with van der Waals surface area (Å²) >= 11 is 0. The minimum absolute atomic E-state index is 0.123. The lowest BCUT2D eigenvalue weighted by Crippen LogP contribution is -2.38. The number of fused-ring (bicyclic) bond motifs is 3. The topological polar surface area (TPSA) is 49.4 Å². The van der Waals surface area contributed by atoms with Gasteiger partial charge in [-0.2, -0.15) is 0 Å². The van der Waals surface area contributed by atoms with E-state index in [1.165, 1.54) is 24.3 Å². The Bertz CT molecular complexity index is 927. The Morgan fingerprint density at radius 2 is 1.81 bits per heavy atom. The Morgan fingerprint density at radius 1 is 1.12 bits per heavy atom. The number of hydrogen-bond acceptors (Lipinski definition) is 4. The van der Waals surface area contributed by atoms with Gasteiger partial charge in [-0.3, -0.25) is 0 Å². The molecule has 26 heavy (non-hydrogen) atoms. The highest BCUT2D eigenvalue weighted by Crippen LogP contribution is 2.46. The Hall–Kier alpha value is -1.92. The molecule has 0 bridgehead atoms. The number of rotatable bonds is 2. The molecule has 0 aliphatic carbocycles. The fourth-order valence-electron chi connectivity index (χ4n) is 4.49. The van der Waals surface area contributed by atoms with E-state index in [1.807, 2.05) is 12.1 Å². The molecule has 1 saturated heterocycles. The summed E-state index contributed by atoms with van der Waals surface area (Å²) in [7, 11) is -1.56. The summed E-state index contributed by atoms with van der Waals surface area (Å²) in [4.78, 5) is 2.70. The molecule has 2 heterocycles.